The average molecular weight is 154 g/mol. The van der Waals surface area contributed by atoms with Crippen LogP contribution in [0.5, 0.6) is 0 Å². The van der Waals surface area contributed by atoms with Gasteiger partial charge < -0.3 is 10.6 Å². The summed E-state index contributed by atoms with van der Waals surface area (Å²) in [7, 11) is 0. The van der Waals surface area contributed by atoms with E-state index in [0.717, 1.165) is 19.1 Å². The number of hydrogen-bond acceptors (Lipinski definition) is 2. The standard InChI is InChI=1S/C9H18N2/c1-3-6-10-7-8(2)11-9-4-5-9/h3,8-11H,1,4-7H2,2H3. The Morgan fingerprint density at radius 1 is 1.64 bits per heavy atom. The molecule has 0 aromatic heterocycles. The molecule has 1 fully saturated rings. The van der Waals surface area contributed by atoms with E-state index in [2.05, 4.69) is 24.1 Å². The van der Waals surface area contributed by atoms with Crippen LogP contribution in [-0.2, 0) is 0 Å². The van der Waals surface area contributed by atoms with Gasteiger partial charge in [0.15, 0.2) is 0 Å². The van der Waals surface area contributed by atoms with Crippen molar-refractivity contribution in [2.75, 3.05) is 13.1 Å². The molecule has 0 bridgehead atoms. The van der Waals surface area contributed by atoms with Crippen LogP contribution in [0.3, 0.4) is 0 Å². The summed E-state index contributed by atoms with van der Waals surface area (Å²) in [6.07, 6.45) is 4.63. The highest BCUT2D eigenvalue weighted by Crippen LogP contribution is 2.18. The first-order valence-corrected chi connectivity index (χ1v) is 4.40. The van der Waals surface area contributed by atoms with Gasteiger partial charge in [0, 0.05) is 25.2 Å². The zero-order chi connectivity index (χ0) is 8.10. The lowest BCUT2D eigenvalue weighted by Crippen LogP contribution is -2.37. The van der Waals surface area contributed by atoms with Gasteiger partial charge in [-0.2, -0.15) is 0 Å². The SMILES string of the molecule is C=CCNCC(C)NC1CC1. The molecule has 1 atom stereocenters. The molecule has 0 spiro atoms. The molecule has 2 nitrogen and oxygen atoms in total. The van der Waals surface area contributed by atoms with Crippen molar-refractivity contribution in [2.45, 2.75) is 31.8 Å². The molecule has 0 saturated heterocycles. The molecular formula is C9H18N2. The molecule has 1 aliphatic carbocycles. The van der Waals surface area contributed by atoms with Gasteiger partial charge in [-0.25, -0.2) is 0 Å². The summed E-state index contributed by atoms with van der Waals surface area (Å²) in [6, 6.07) is 1.41. The van der Waals surface area contributed by atoms with Gasteiger partial charge in [0.1, 0.15) is 0 Å². The van der Waals surface area contributed by atoms with Crippen LogP contribution in [0.25, 0.3) is 0 Å². The fourth-order valence-corrected chi connectivity index (χ4v) is 1.11. The van der Waals surface area contributed by atoms with Crippen molar-refractivity contribution in [3.05, 3.63) is 12.7 Å². The monoisotopic (exact) mass is 154 g/mol. The van der Waals surface area contributed by atoms with E-state index in [1.807, 2.05) is 6.08 Å². The summed E-state index contributed by atoms with van der Waals surface area (Å²) < 4.78 is 0. The maximum Gasteiger partial charge on any atom is 0.0166 e. The van der Waals surface area contributed by atoms with Crippen molar-refractivity contribution in [1.29, 1.82) is 0 Å². The van der Waals surface area contributed by atoms with Crippen LogP contribution >= 0.6 is 0 Å². The molecule has 0 amide bonds. The summed E-state index contributed by atoms with van der Waals surface area (Å²) >= 11 is 0. The first-order valence-electron chi connectivity index (χ1n) is 4.40. The Bertz CT molecular complexity index is 119. The molecule has 2 N–H and O–H groups in total. The summed E-state index contributed by atoms with van der Waals surface area (Å²) in [5, 5.41) is 6.80. The van der Waals surface area contributed by atoms with E-state index < -0.39 is 0 Å². The van der Waals surface area contributed by atoms with Gasteiger partial charge in [0.2, 0.25) is 0 Å². The van der Waals surface area contributed by atoms with E-state index in [1.54, 1.807) is 0 Å². The lowest BCUT2D eigenvalue weighted by molar-refractivity contribution is 0.512. The molecule has 0 aliphatic heterocycles. The van der Waals surface area contributed by atoms with Gasteiger partial charge in [0.25, 0.3) is 0 Å². The molecule has 1 saturated carbocycles. The maximum atomic E-state index is 3.65. The van der Waals surface area contributed by atoms with E-state index in [9.17, 15) is 0 Å². The molecule has 2 heteroatoms. The zero-order valence-electron chi connectivity index (χ0n) is 7.27. The Balaban J connectivity index is 1.91. The number of nitrogens with one attached hydrogen (secondary N) is 2. The molecule has 1 unspecified atom stereocenters. The molecule has 0 radical (unpaired) electrons. The van der Waals surface area contributed by atoms with Crippen molar-refractivity contribution < 1.29 is 0 Å². The predicted octanol–water partition coefficient (Wildman–Crippen LogP) is 0.902. The Hall–Kier alpha value is -0.340. The smallest absolute Gasteiger partial charge is 0.0166 e. The van der Waals surface area contributed by atoms with E-state index >= 15 is 0 Å². The minimum absolute atomic E-state index is 0.599. The summed E-state index contributed by atoms with van der Waals surface area (Å²) in [6.45, 7) is 7.82. The van der Waals surface area contributed by atoms with Gasteiger partial charge in [-0.05, 0) is 19.8 Å². The summed E-state index contributed by atoms with van der Waals surface area (Å²) in [5.41, 5.74) is 0. The van der Waals surface area contributed by atoms with Crippen molar-refractivity contribution in [3.8, 4) is 0 Å². The Morgan fingerprint density at radius 2 is 2.36 bits per heavy atom. The summed E-state index contributed by atoms with van der Waals surface area (Å²) in [4.78, 5) is 0. The van der Waals surface area contributed by atoms with Crippen LogP contribution in [0.2, 0.25) is 0 Å². The molecule has 1 rings (SSSR count). The van der Waals surface area contributed by atoms with Crippen LogP contribution in [-0.4, -0.2) is 25.2 Å². The molecule has 0 aromatic rings. The highest BCUT2D eigenvalue weighted by Gasteiger charge is 2.22. The van der Waals surface area contributed by atoms with E-state index in [0.29, 0.717) is 6.04 Å². The highest BCUT2D eigenvalue weighted by atomic mass is 15.0. The highest BCUT2D eigenvalue weighted by molar-refractivity contribution is 4.84. The molecule has 0 aromatic carbocycles. The van der Waals surface area contributed by atoms with E-state index in [-0.39, 0.29) is 0 Å². The molecule has 64 valence electrons. The van der Waals surface area contributed by atoms with Crippen molar-refractivity contribution >= 4 is 0 Å². The number of rotatable bonds is 6. The van der Waals surface area contributed by atoms with Crippen LogP contribution in [0, 0.1) is 0 Å². The fraction of sp³-hybridized carbons (Fsp3) is 0.778. The van der Waals surface area contributed by atoms with E-state index in [4.69, 9.17) is 0 Å². The quantitative estimate of drug-likeness (QED) is 0.439. The Kier molecular flexibility index (Phi) is 3.60. The first-order chi connectivity index (χ1) is 5.33. The van der Waals surface area contributed by atoms with Crippen LogP contribution < -0.4 is 10.6 Å². The average Bonchev–Trinajstić information content (AvgIpc) is 2.72. The zero-order valence-corrected chi connectivity index (χ0v) is 7.27. The van der Waals surface area contributed by atoms with Gasteiger partial charge in [-0.15, -0.1) is 6.58 Å². The lowest BCUT2D eigenvalue weighted by Gasteiger charge is -2.12. The second kappa shape index (κ2) is 4.52. The molecule has 11 heavy (non-hydrogen) atoms. The number of hydrogen-bond donors (Lipinski definition) is 2. The molecule has 0 heterocycles. The molecular weight excluding hydrogens is 136 g/mol. The van der Waals surface area contributed by atoms with Crippen LogP contribution in [0.15, 0.2) is 12.7 Å². The Morgan fingerprint density at radius 3 is 2.91 bits per heavy atom. The van der Waals surface area contributed by atoms with Crippen molar-refractivity contribution in [1.82, 2.24) is 10.6 Å². The van der Waals surface area contributed by atoms with Crippen LogP contribution in [0.4, 0.5) is 0 Å². The summed E-state index contributed by atoms with van der Waals surface area (Å²) in [5.74, 6) is 0. The fourth-order valence-electron chi connectivity index (χ4n) is 1.11. The maximum absolute atomic E-state index is 3.65. The molecule has 1 aliphatic rings. The lowest BCUT2D eigenvalue weighted by atomic mass is 10.3. The normalized spacial score (nSPS) is 19.7. The van der Waals surface area contributed by atoms with E-state index in [1.165, 1.54) is 12.8 Å². The second-order valence-electron chi connectivity index (χ2n) is 3.29. The van der Waals surface area contributed by atoms with Gasteiger partial charge in [-0.1, -0.05) is 6.08 Å². The Labute approximate surface area is 69.1 Å². The van der Waals surface area contributed by atoms with Crippen molar-refractivity contribution in [2.24, 2.45) is 0 Å². The van der Waals surface area contributed by atoms with Crippen LogP contribution in [0.1, 0.15) is 19.8 Å². The minimum Gasteiger partial charge on any atom is -0.312 e. The van der Waals surface area contributed by atoms with Crippen molar-refractivity contribution in [3.63, 3.8) is 0 Å². The third kappa shape index (κ3) is 4.17. The largest absolute Gasteiger partial charge is 0.312 e. The first kappa shape index (κ1) is 8.75. The van der Waals surface area contributed by atoms with Gasteiger partial charge in [0.05, 0.1) is 0 Å². The topological polar surface area (TPSA) is 24.1 Å². The minimum atomic E-state index is 0.599. The van der Waals surface area contributed by atoms with Gasteiger partial charge in [-0.3, -0.25) is 0 Å². The third-order valence-electron chi connectivity index (χ3n) is 1.84. The predicted molar refractivity (Wildman–Crippen MR) is 48.7 cm³/mol. The second-order valence-corrected chi connectivity index (χ2v) is 3.29. The van der Waals surface area contributed by atoms with Gasteiger partial charge >= 0.3 is 0 Å². The third-order valence-corrected chi connectivity index (χ3v) is 1.84.